The largest absolute Gasteiger partial charge is 0.478 e. The smallest absolute Gasteiger partial charge is 0.338 e. The Balaban J connectivity index is 3.26. The van der Waals surface area contributed by atoms with Gasteiger partial charge in [-0.25, -0.2) is 9.59 Å². The maximum atomic E-state index is 11.9. The van der Waals surface area contributed by atoms with Crippen LogP contribution in [0.2, 0.25) is 0 Å². The molecule has 1 aromatic carbocycles. The van der Waals surface area contributed by atoms with Gasteiger partial charge in [0.05, 0.1) is 17.7 Å². The van der Waals surface area contributed by atoms with E-state index in [1.54, 1.807) is 6.92 Å². The predicted octanol–water partition coefficient (Wildman–Crippen LogP) is 2.37. The lowest BCUT2D eigenvalue weighted by atomic mass is 9.99. The molecule has 1 N–H and O–H groups in total. The number of carbonyl (C=O) groups excluding carboxylic acids is 2. The molecular formula is C13H13ClO5. The average Bonchev–Trinajstić information content (AvgIpc) is 2.38. The highest BCUT2D eigenvalue weighted by Gasteiger charge is 2.19. The lowest BCUT2D eigenvalue weighted by molar-refractivity contribution is 0.0521. The van der Waals surface area contributed by atoms with Crippen molar-refractivity contribution in [3.63, 3.8) is 0 Å². The van der Waals surface area contributed by atoms with Crippen LogP contribution in [-0.2, 0) is 4.74 Å². The number of alkyl halides is 1. The van der Waals surface area contributed by atoms with Crippen molar-refractivity contribution in [1.29, 1.82) is 0 Å². The SMILES string of the molecule is CCOC(=O)c1ccc(C(=O)O)cc1C(=O)CCCl. The summed E-state index contributed by atoms with van der Waals surface area (Å²) in [4.78, 5) is 34.5. The third kappa shape index (κ3) is 3.79. The zero-order valence-corrected chi connectivity index (χ0v) is 11.1. The molecule has 0 unspecified atom stereocenters. The molecule has 1 rings (SSSR count). The number of ketones is 1. The van der Waals surface area contributed by atoms with E-state index < -0.39 is 11.9 Å². The van der Waals surface area contributed by atoms with Crippen molar-refractivity contribution >= 4 is 29.3 Å². The van der Waals surface area contributed by atoms with Gasteiger partial charge in [0.15, 0.2) is 5.78 Å². The van der Waals surface area contributed by atoms with E-state index in [4.69, 9.17) is 21.4 Å². The number of halogens is 1. The zero-order valence-electron chi connectivity index (χ0n) is 10.3. The van der Waals surface area contributed by atoms with Crippen molar-refractivity contribution in [1.82, 2.24) is 0 Å². The van der Waals surface area contributed by atoms with Crippen LogP contribution in [0.1, 0.15) is 44.4 Å². The van der Waals surface area contributed by atoms with E-state index in [1.807, 2.05) is 0 Å². The van der Waals surface area contributed by atoms with E-state index >= 15 is 0 Å². The van der Waals surface area contributed by atoms with Gasteiger partial charge in [0, 0.05) is 17.9 Å². The Morgan fingerprint density at radius 3 is 2.47 bits per heavy atom. The Hall–Kier alpha value is -1.88. The van der Waals surface area contributed by atoms with E-state index in [0.717, 1.165) is 0 Å². The number of rotatable bonds is 6. The molecule has 0 radical (unpaired) electrons. The lowest BCUT2D eigenvalue weighted by Crippen LogP contribution is -2.13. The van der Waals surface area contributed by atoms with Crippen molar-refractivity contribution in [3.8, 4) is 0 Å². The highest BCUT2D eigenvalue weighted by Crippen LogP contribution is 2.16. The van der Waals surface area contributed by atoms with Crippen molar-refractivity contribution < 1.29 is 24.2 Å². The third-order valence-electron chi connectivity index (χ3n) is 2.38. The molecule has 0 aliphatic rings. The Morgan fingerprint density at radius 1 is 1.26 bits per heavy atom. The molecule has 19 heavy (non-hydrogen) atoms. The number of ether oxygens (including phenoxy) is 1. The maximum absolute atomic E-state index is 11.9. The number of Topliss-reactive ketones (excluding diaryl/α,β-unsaturated/α-hetero) is 1. The monoisotopic (exact) mass is 284 g/mol. The van der Waals surface area contributed by atoms with Gasteiger partial charge < -0.3 is 9.84 Å². The third-order valence-corrected chi connectivity index (χ3v) is 2.57. The fourth-order valence-electron chi connectivity index (χ4n) is 1.52. The molecule has 0 amide bonds. The molecular weight excluding hydrogens is 272 g/mol. The second kappa shape index (κ2) is 6.89. The van der Waals surface area contributed by atoms with Crippen LogP contribution < -0.4 is 0 Å². The standard InChI is InChI=1S/C13H13ClO5/c1-2-19-13(18)9-4-3-8(12(16)17)7-10(9)11(15)5-6-14/h3-4,7H,2,5-6H2,1H3,(H,16,17). The zero-order chi connectivity index (χ0) is 14.4. The number of hydrogen-bond acceptors (Lipinski definition) is 4. The molecule has 0 fully saturated rings. The summed E-state index contributed by atoms with van der Waals surface area (Å²) in [5.41, 5.74) is 0.0203. The molecule has 5 nitrogen and oxygen atoms in total. The minimum Gasteiger partial charge on any atom is -0.478 e. The molecule has 0 saturated carbocycles. The molecule has 1 aromatic rings. The summed E-state index contributed by atoms with van der Waals surface area (Å²) in [5, 5.41) is 8.90. The van der Waals surface area contributed by atoms with Crippen LogP contribution in [0.15, 0.2) is 18.2 Å². The Kier molecular flexibility index (Phi) is 5.51. The predicted molar refractivity (Wildman–Crippen MR) is 69.0 cm³/mol. The molecule has 6 heteroatoms. The number of hydrogen-bond donors (Lipinski definition) is 1. The van der Waals surface area contributed by atoms with Crippen molar-refractivity contribution in [2.75, 3.05) is 12.5 Å². The molecule has 0 atom stereocenters. The molecule has 102 valence electrons. The number of carbonyl (C=O) groups is 3. The van der Waals surface area contributed by atoms with Gasteiger partial charge in [-0.1, -0.05) is 0 Å². The first-order chi connectivity index (χ1) is 9.01. The summed E-state index contributed by atoms with van der Waals surface area (Å²) in [5.74, 6) is -2.12. The second-order valence-corrected chi connectivity index (χ2v) is 4.03. The fourth-order valence-corrected chi connectivity index (χ4v) is 1.69. The van der Waals surface area contributed by atoms with Crippen LogP contribution in [0.3, 0.4) is 0 Å². The van der Waals surface area contributed by atoms with Crippen LogP contribution in [0.4, 0.5) is 0 Å². The number of esters is 1. The minimum atomic E-state index is -1.17. The molecule has 0 aliphatic heterocycles. The topological polar surface area (TPSA) is 80.7 Å². The van der Waals surface area contributed by atoms with Gasteiger partial charge in [-0.05, 0) is 25.1 Å². The first-order valence-electron chi connectivity index (χ1n) is 5.64. The average molecular weight is 285 g/mol. The summed E-state index contributed by atoms with van der Waals surface area (Å²) in [7, 11) is 0. The molecule has 0 aromatic heterocycles. The molecule has 0 aliphatic carbocycles. The minimum absolute atomic E-state index is 0.0248. The highest BCUT2D eigenvalue weighted by atomic mass is 35.5. The van der Waals surface area contributed by atoms with Crippen molar-refractivity contribution in [2.24, 2.45) is 0 Å². The van der Waals surface area contributed by atoms with Gasteiger partial charge in [0.2, 0.25) is 0 Å². The summed E-state index contributed by atoms with van der Waals surface area (Å²) < 4.78 is 4.83. The molecule has 0 saturated heterocycles. The Morgan fingerprint density at radius 2 is 1.95 bits per heavy atom. The van der Waals surface area contributed by atoms with Crippen LogP contribution >= 0.6 is 11.6 Å². The van der Waals surface area contributed by atoms with Gasteiger partial charge in [-0.3, -0.25) is 4.79 Å². The number of aromatic carboxylic acids is 1. The van der Waals surface area contributed by atoms with Crippen LogP contribution in [-0.4, -0.2) is 35.3 Å². The highest BCUT2D eigenvalue weighted by molar-refractivity contribution is 6.20. The first-order valence-corrected chi connectivity index (χ1v) is 6.18. The van der Waals surface area contributed by atoms with E-state index in [-0.39, 0.29) is 41.4 Å². The number of benzene rings is 1. The fraction of sp³-hybridized carbons (Fsp3) is 0.308. The van der Waals surface area contributed by atoms with Gasteiger partial charge in [-0.15, -0.1) is 11.6 Å². The Labute approximate surface area is 115 Å². The lowest BCUT2D eigenvalue weighted by Gasteiger charge is -2.08. The van der Waals surface area contributed by atoms with E-state index in [0.29, 0.717) is 0 Å². The van der Waals surface area contributed by atoms with E-state index in [9.17, 15) is 14.4 Å². The molecule has 0 spiro atoms. The number of carboxylic acids is 1. The second-order valence-electron chi connectivity index (χ2n) is 3.65. The summed E-state index contributed by atoms with van der Waals surface area (Å²) >= 11 is 5.49. The normalized spacial score (nSPS) is 10.0. The molecule has 0 heterocycles. The van der Waals surface area contributed by atoms with Gasteiger partial charge in [0.1, 0.15) is 0 Å². The van der Waals surface area contributed by atoms with Gasteiger partial charge in [-0.2, -0.15) is 0 Å². The van der Waals surface area contributed by atoms with Crippen LogP contribution in [0.25, 0.3) is 0 Å². The van der Waals surface area contributed by atoms with E-state index in [1.165, 1.54) is 18.2 Å². The van der Waals surface area contributed by atoms with Crippen molar-refractivity contribution in [3.05, 3.63) is 34.9 Å². The number of carboxylic acid groups (broad SMARTS) is 1. The Bertz CT molecular complexity index is 510. The first kappa shape index (κ1) is 15.2. The molecule has 0 bridgehead atoms. The van der Waals surface area contributed by atoms with Crippen LogP contribution in [0.5, 0.6) is 0 Å². The maximum Gasteiger partial charge on any atom is 0.338 e. The quantitative estimate of drug-likeness (QED) is 0.493. The summed E-state index contributed by atoms with van der Waals surface area (Å²) in [6.07, 6.45) is 0.0248. The van der Waals surface area contributed by atoms with Gasteiger partial charge in [0.25, 0.3) is 0 Å². The summed E-state index contributed by atoms with van der Waals surface area (Å²) in [6, 6.07) is 3.71. The van der Waals surface area contributed by atoms with E-state index in [2.05, 4.69) is 0 Å². The van der Waals surface area contributed by atoms with Crippen molar-refractivity contribution in [2.45, 2.75) is 13.3 Å². The van der Waals surface area contributed by atoms with Gasteiger partial charge >= 0.3 is 11.9 Å². The van der Waals surface area contributed by atoms with Crippen LogP contribution in [0, 0.1) is 0 Å². The summed E-state index contributed by atoms with van der Waals surface area (Å²) in [6.45, 7) is 1.81.